The quantitative estimate of drug-likeness (QED) is 0.515. The van der Waals surface area contributed by atoms with E-state index in [0.717, 1.165) is 21.7 Å². The average Bonchev–Trinajstić information content (AvgIpc) is 3.32. The van der Waals surface area contributed by atoms with Crippen LogP contribution in [0.15, 0.2) is 82.4 Å². The molecule has 2 aromatic carbocycles. The molecule has 0 spiro atoms. The summed E-state index contributed by atoms with van der Waals surface area (Å²) in [5, 5.41) is 8.24. The normalized spacial score (nSPS) is 11.3. The van der Waals surface area contributed by atoms with E-state index in [9.17, 15) is 0 Å². The third kappa shape index (κ3) is 3.78. The van der Waals surface area contributed by atoms with Gasteiger partial charge in [0.25, 0.3) is 0 Å². The van der Waals surface area contributed by atoms with Gasteiger partial charge in [-0.25, -0.2) is 0 Å². The standard InChI is InChI=1S/C21H17N3OS/c26-18-8-5-6-16(14-18)15-21-23-22-20(25-21)11-10-17-7-1-2-9-19(17)24-12-3-4-13-24/h1-14,26H,15H2/b11-10+. The Morgan fingerprint density at radius 3 is 2.62 bits per heavy atom. The van der Waals surface area contributed by atoms with Crippen molar-refractivity contribution < 1.29 is 4.42 Å². The lowest BCUT2D eigenvalue weighted by atomic mass is 10.1. The Hall–Kier alpha value is -3.05. The van der Waals surface area contributed by atoms with Gasteiger partial charge in [-0.05, 0) is 47.5 Å². The minimum Gasteiger partial charge on any atom is -0.421 e. The molecule has 0 radical (unpaired) electrons. The van der Waals surface area contributed by atoms with E-state index < -0.39 is 0 Å². The number of nitrogens with zero attached hydrogens (tertiary/aromatic N) is 3. The summed E-state index contributed by atoms with van der Waals surface area (Å²) in [5.41, 5.74) is 3.26. The Balaban J connectivity index is 1.53. The summed E-state index contributed by atoms with van der Waals surface area (Å²) in [6.07, 6.45) is 8.46. The molecule has 0 unspecified atom stereocenters. The second kappa shape index (κ2) is 7.45. The lowest BCUT2D eigenvalue weighted by molar-refractivity contribution is 0.496. The molecule has 0 atom stereocenters. The van der Waals surface area contributed by atoms with Gasteiger partial charge < -0.3 is 8.98 Å². The van der Waals surface area contributed by atoms with E-state index >= 15 is 0 Å². The maximum absolute atomic E-state index is 5.74. The summed E-state index contributed by atoms with van der Waals surface area (Å²) in [7, 11) is 0. The summed E-state index contributed by atoms with van der Waals surface area (Å²) >= 11 is 4.35. The van der Waals surface area contributed by atoms with Gasteiger partial charge in [0.05, 0.1) is 12.1 Å². The van der Waals surface area contributed by atoms with Crippen molar-refractivity contribution >= 4 is 24.8 Å². The SMILES string of the molecule is Sc1cccc(Cc2nnc(/C=C/c3ccccc3-n3cccc3)o2)c1. The Kier molecular flexibility index (Phi) is 4.71. The highest BCUT2D eigenvalue weighted by molar-refractivity contribution is 7.80. The first-order valence-electron chi connectivity index (χ1n) is 8.29. The molecule has 26 heavy (non-hydrogen) atoms. The van der Waals surface area contributed by atoms with Crippen LogP contribution in [0.2, 0.25) is 0 Å². The number of hydrogen-bond acceptors (Lipinski definition) is 4. The van der Waals surface area contributed by atoms with Crippen molar-refractivity contribution in [2.45, 2.75) is 11.3 Å². The van der Waals surface area contributed by atoms with Crippen LogP contribution in [0.25, 0.3) is 17.8 Å². The minimum absolute atomic E-state index is 0.490. The van der Waals surface area contributed by atoms with E-state index in [1.54, 1.807) is 0 Å². The van der Waals surface area contributed by atoms with Crippen molar-refractivity contribution in [1.29, 1.82) is 0 Å². The number of rotatable bonds is 5. The predicted molar refractivity (Wildman–Crippen MR) is 105 cm³/mol. The Bertz CT molecular complexity index is 1030. The zero-order valence-electron chi connectivity index (χ0n) is 14.0. The molecule has 5 heteroatoms. The van der Waals surface area contributed by atoms with Gasteiger partial charge in [-0.3, -0.25) is 0 Å². The molecule has 0 aliphatic rings. The zero-order chi connectivity index (χ0) is 17.8. The first-order chi connectivity index (χ1) is 12.8. The maximum Gasteiger partial charge on any atom is 0.240 e. The van der Waals surface area contributed by atoms with Gasteiger partial charge >= 0.3 is 0 Å². The number of aromatic nitrogens is 3. The van der Waals surface area contributed by atoms with Crippen molar-refractivity contribution in [1.82, 2.24) is 14.8 Å². The van der Waals surface area contributed by atoms with Crippen LogP contribution in [-0.2, 0) is 6.42 Å². The highest BCUT2D eigenvalue weighted by atomic mass is 32.1. The van der Waals surface area contributed by atoms with Gasteiger partial charge in [0.15, 0.2) is 0 Å². The monoisotopic (exact) mass is 359 g/mol. The molecule has 0 bridgehead atoms. The molecule has 0 aliphatic carbocycles. The van der Waals surface area contributed by atoms with E-state index in [1.807, 2.05) is 73.1 Å². The van der Waals surface area contributed by atoms with E-state index in [0.29, 0.717) is 18.2 Å². The Labute approximate surface area is 157 Å². The molecule has 128 valence electrons. The van der Waals surface area contributed by atoms with Gasteiger partial charge in [0, 0.05) is 23.4 Å². The first-order valence-corrected chi connectivity index (χ1v) is 8.73. The van der Waals surface area contributed by atoms with Crippen LogP contribution in [0.5, 0.6) is 0 Å². The topological polar surface area (TPSA) is 43.9 Å². The van der Waals surface area contributed by atoms with Crippen molar-refractivity contribution in [3.8, 4) is 5.69 Å². The molecule has 0 saturated carbocycles. The number of hydrogen-bond donors (Lipinski definition) is 1. The van der Waals surface area contributed by atoms with Crippen LogP contribution in [0.3, 0.4) is 0 Å². The fourth-order valence-electron chi connectivity index (χ4n) is 2.77. The van der Waals surface area contributed by atoms with Crippen molar-refractivity contribution in [2.75, 3.05) is 0 Å². The smallest absolute Gasteiger partial charge is 0.240 e. The number of benzene rings is 2. The molecule has 0 aliphatic heterocycles. The largest absolute Gasteiger partial charge is 0.421 e. The molecule has 2 heterocycles. The van der Waals surface area contributed by atoms with Crippen molar-refractivity contribution in [3.63, 3.8) is 0 Å². The molecular formula is C21H17N3OS. The van der Waals surface area contributed by atoms with Crippen LogP contribution < -0.4 is 0 Å². The molecule has 4 nitrogen and oxygen atoms in total. The van der Waals surface area contributed by atoms with Gasteiger partial charge in [-0.15, -0.1) is 22.8 Å². The van der Waals surface area contributed by atoms with Gasteiger partial charge in [-0.1, -0.05) is 30.3 Å². The Morgan fingerprint density at radius 2 is 1.77 bits per heavy atom. The molecule has 0 saturated heterocycles. The third-order valence-corrected chi connectivity index (χ3v) is 4.25. The van der Waals surface area contributed by atoms with Crippen LogP contribution in [0.4, 0.5) is 0 Å². The molecule has 2 aromatic heterocycles. The highest BCUT2D eigenvalue weighted by Crippen LogP contribution is 2.18. The fourth-order valence-corrected chi connectivity index (χ4v) is 3.02. The average molecular weight is 359 g/mol. The maximum atomic E-state index is 5.74. The summed E-state index contributed by atoms with van der Waals surface area (Å²) in [6, 6.07) is 20.1. The molecular weight excluding hydrogens is 342 g/mol. The van der Waals surface area contributed by atoms with Gasteiger partial charge in [0.1, 0.15) is 0 Å². The minimum atomic E-state index is 0.490. The van der Waals surface area contributed by atoms with E-state index in [1.165, 1.54) is 0 Å². The second-order valence-corrected chi connectivity index (χ2v) is 6.38. The molecule has 4 aromatic rings. The van der Waals surface area contributed by atoms with Crippen LogP contribution in [0.1, 0.15) is 22.9 Å². The van der Waals surface area contributed by atoms with Gasteiger partial charge in [0.2, 0.25) is 11.8 Å². The molecule has 4 rings (SSSR count). The van der Waals surface area contributed by atoms with Crippen molar-refractivity contribution in [2.24, 2.45) is 0 Å². The van der Waals surface area contributed by atoms with E-state index in [2.05, 4.69) is 39.5 Å². The van der Waals surface area contributed by atoms with E-state index in [-0.39, 0.29) is 0 Å². The third-order valence-electron chi connectivity index (χ3n) is 3.97. The van der Waals surface area contributed by atoms with Gasteiger partial charge in [-0.2, -0.15) is 0 Å². The summed E-state index contributed by atoms with van der Waals surface area (Å²) in [5.74, 6) is 1.08. The lowest BCUT2D eigenvalue weighted by Crippen LogP contribution is -1.92. The Morgan fingerprint density at radius 1 is 0.923 bits per heavy atom. The number of thiol groups is 1. The first kappa shape index (κ1) is 16.4. The predicted octanol–water partition coefficient (Wildman–Crippen LogP) is 4.91. The fraction of sp³-hybridized carbons (Fsp3) is 0.0476. The van der Waals surface area contributed by atoms with Crippen LogP contribution in [0, 0.1) is 0 Å². The zero-order valence-corrected chi connectivity index (χ0v) is 14.9. The second-order valence-electron chi connectivity index (χ2n) is 5.86. The van der Waals surface area contributed by atoms with Crippen LogP contribution >= 0.6 is 12.6 Å². The summed E-state index contributed by atoms with van der Waals surface area (Å²) in [6.45, 7) is 0. The molecule has 0 amide bonds. The molecule has 0 N–H and O–H groups in total. The lowest BCUT2D eigenvalue weighted by Gasteiger charge is -2.06. The highest BCUT2D eigenvalue weighted by Gasteiger charge is 2.06. The van der Waals surface area contributed by atoms with E-state index in [4.69, 9.17) is 4.42 Å². The number of para-hydroxylation sites is 1. The van der Waals surface area contributed by atoms with Crippen LogP contribution in [-0.4, -0.2) is 14.8 Å². The summed E-state index contributed by atoms with van der Waals surface area (Å²) in [4.78, 5) is 0.920. The molecule has 0 fully saturated rings. The summed E-state index contributed by atoms with van der Waals surface area (Å²) < 4.78 is 7.81. The van der Waals surface area contributed by atoms with Crippen molar-refractivity contribution in [3.05, 3.63) is 96.0 Å².